The van der Waals surface area contributed by atoms with Crippen LogP contribution in [0.1, 0.15) is 5.56 Å². The van der Waals surface area contributed by atoms with Gasteiger partial charge in [0.2, 0.25) is 0 Å². The molecule has 0 N–H and O–H groups in total. The Labute approximate surface area is 151 Å². The summed E-state index contributed by atoms with van der Waals surface area (Å²) in [5.41, 5.74) is 1.67. The van der Waals surface area contributed by atoms with Gasteiger partial charge in [0, 0.05) is 9.50 Å². The zero-order valence-electron chi connectivity index (χ0n) is 11.1. The van der Waals surface area contributed by atoms with Gasteiger partial charge in [-0.25, -0.2) is 0 Å². The molecule has 0 aliphatic carbocycles. The Balaban J connectivity index is 1.95. The van der Waals surface area contributed by atoms with E-state index in [1.807, 2.05) is 30.3 Å². The molecular formula is C16H9BrClNOS2. The molecule has 6 heteroatoms. The van der Waals surface area contributed by atoms with Crippen molar-refractivity contribution in [2.45, 2.75) is 0 Å². The monoisotopic (exact) mass is 409 g/mol. The van der Waals surface area contributed by atoms with E-state index in [0.29, 0.717) is 14.2 Å². The second-order valence-electron chi connectivity index (χ2n) is 4.52. The van der Waals surface area contributed by atoms with Gasteiger partial charge in [-0.3, -0.25) is 9.69 Å². The standard InChI is InChI=1S/C16H9BrClNOS2/c17-13-4-2-1-3-10(13)9-14-15(20)19(16(21)22-14)12-7-5-11(18)6-8-12/h1-9H/b14-9-. The van der Waals surface area contributed by atoms with E-state index < -0.39 is 0 Å². The highest BCUT2D eigenvalue weighted by molar-refractivity contribution is 9.10. The van der Waals surface area contributed by atoms with E-state index in [9.17, 15) is 4.79 Å². The van der Waals surface area contributed by atoms with Gasteiger partial charge >= 0.3 is 0 Å². The lowest BCUT2D eigenvalue weighted by molar-refractivity contribution is -0.113. The predicted molar refractivity (Wildman–Crippen MR) is 101 cm³/mol. The van der Waals surface area contributed by atoms with Crippen molar-refractivity contribution >= 4 is 73.5 Å². The van der Waals surface area contributed by atoms with Crippen molar-refractivity contribution in [1.29, 1.82) is 0 Å². The van der Waals surface area contributed by atoms with Gasteiger partial charge in [0.15, 0.2) is 4.32 Å². The average molecular weight is 411 g/mol. The first kappa shape index (κ1) is 15.7. The molecule has 1 aliphatic heterocycles. The molecule has 2 aromatic rings. The maximum atomic E-state index is 12.6. The molecule has 0 aromatic heterocycles. The summed E-state index contributed by atoms with van der Waals surface area (Å²) >= 11 is 16.0. The van der Waals surface area contributed by atoms with Gasteiger partial charge in [0.25, 0.3) is 5.91 Å². The van der Waals surface area contributed by atoms with E-state index in [4.69, 9.17) is 23.8 Å². The van der Waals surface area contributed by atoms with Crippen molar-refractivity contribution in [3.63, 3.8) is 0 Å². The van der Waals surface area contributed by atoms with E-state index >= 15 is 0 Å². The number of thiocarbonyl (C=S) groups is 1. The summed E-state index contributed by atoms with van der Waals surface area (Å²) in [5, 5.41) is 0.623. The molecule has 22 heavy (non-hydrogen) atoms. The van der Waals surface area contributed by atoms with E-state index in [0.717, 1.165) is 15.7 Å². The molecule has 0 spiro atoms. The van der Waals surface area contributed by atoms with Crippen molar-refractivity contribution in [3.8, 4) is 0 Å². The summed E-state index contributed by atoms with van der Waals surface area (Å²) < 4.78 is 1.46. The van der Waals surface area contributed by atoms with Crippen LogP contribution in [0.15, 0.2) is 57.9 Å². The van der Waals surface area contributed by atoms with E-state index in [1.165, 1.54) is 16.7 Å². The third-order valence-electron chi connectivity index (χ3n) is 3.07. The van der Waals surface area contributed by atoms with Crippen molar-refractivity contribution < 1.29 is 4.79 Å². The zero-order valence-corrected chi connectivity index (χ0v) is 15.1. The molecule has 110 valence electrons. The number of nitrogens with zero attached hydrogens (tertiary/aromatic N) is 1. The number of amides is 1. The summed E-state index contributed by atoms with van der Waals surface area (Å²) in [6.07, 6.45) is 1.85. The van der Waals surface area contributed by atoms with Crippen LogP contribution in [0.25, 0.3) is 6.08 Å². The van der Waals surface area contributed by atoms with E-state index in [1.54, 1.807) is 24.3 Å². The molecule has 0 unspecified atom stereocenters. The number of carbonyl (C=O) groups is 1. The third-order valence-corrected chi connectivity index (χ3v) is 5.35. The Hall–Kier alpha value is -1.14. The summed E-state index contributed by atoms with van der Waals surface area (Å²) in [4.78, 5) is 14.7. The summed E-state index contributed by atoms with van der Waals surface area (Å²) in [5.74, 6) is -0.118. The Morgan fingerprint density at radius 1 is 1.14 bits per heavy atom. The number of rotatable bonds is 2. The minimum atomic E-state index is -0.118. The smallest absolute Gasteiger partial charge is 0.268 e. The van der Waals surface area contributed by atoms with Crippen molar-refractivity contribution in [2.24, 2.45) is 0 Å². The lowest BCUT2D eigenvalue weighted by atomic mass is 10.2. The first-order valence-corrected chi connectivity index (χ1v) is 8.74. The van der Waals surface area contributed by atoms with Gasteiger partial charge in [-0.2, -0.15) is 0 Å². The lowest BCUT2D eigenvalue weighted by Crippen LogP contribution is -2.27. The number of hydrogen-bond donors (Lipinski definition) is 0. The van der Waals surface area contributed by atoms with Crippen molar-refractivity contribution in [2.75, 3.05) is 4.90 Å². The van der Waals surface area contributed by atoms with Gasteiger partial charge < -0.3 is 0 Å². The topological polar surface area (TPSA) is 20.3 Å². The molecule has 2 nitrogen and oxygen atoms in total. The number of benzene rings is 2. The number of carbonyl (C=O) groups excluding carboxylic acids is 1. The quantitative estimate of drug-likeness (QED) is 0.481. The summed E-state index contributed by atoms with van der Waals surface area (Å²) in [6.45, 7) is 0. The fourth-order valence-electron chi connectivity index (χ4n) is 2.01. The van der Waals surface area contributed by atoms with Gasteiger partial charge in [-0.05, 0) is 42.0 Å². The van der Waals surface area contributed by atoms with Crippen LogP contribution in [0.3, 0.4) is 0 Å². The van der Waals surface area contributed by atoms with Crippen LogP contribution in [-0.4, -0.2) is 10.2 Å². The Kier molecular flexibility index (Phi) is 4.68. The molecule has 1 aliphatic rings. The van der Waals surface area contributed by atoms with E-state index in [-0.39, 0.29) is 5.91 Å². The van der Waals surface area contributed by atoms with E-state index in [2.05, 4.69) is 15.9 Å². The number of thioether (sulfide) groups is 1. The fourth-order valence-corrected chi connectivity index (χ4v) is 3.83. The second kappa shape index (κ2) is 6.54. The lowest BCUT2D eigenvalue weighted by Gasteiger charge is -2.14. The van der Waals surface area contributed by atoms with Gasteiger partial charge in [0.05, 0.1) is 10.6 Å². The second-order valence-corrected chi connectivity index (χ2v) is 7.48. The third kappa shape index (κ3) is 3.13. The minimum Gasteiger partial charge on any atom is -0.268 e. The van der Waals surface area contributed by atoms with Crippen LogP contribution in [0.5, 0.6) is 0 Å². The Morgan fingerprint density at radius 2 is 1.82 bits per heavy atom. The predicted octanol–water partition coefficient (Wildman–Crippen LogP) is 5.51. The first-order valence-electron chi connectivity index (χ1n) is 6.34. The molecule has 0 saturated carbocycles. The highest BCUT2D eigenvalue weighted by atomic mass is 79.9. The molecule has 0 atom stereocenters. The number of halogens is 2. The fraction of sp³-hybridized carbons (Fsp3) is 0. The van der Waals surface area contributed by atoms with Crippen molar-refractivity contribution in [3.05, 3.63) is 68.5 Å². The Bertz CT molecular complexity index is 789. The zero-order chi connectivity index (χ0) is 15.7. The van der Waals surface area contributed by atoms with Crippen LogP contribution in [0.4, 0.5) is 5.69 Å². The van der Waals surface area contributed by atoms with Crippen molar-refractivity contribution in [1.82, 2.24) is 0 Å². The SMILES string of the molecule is O=C1/C(=C/c2ccccc2Br)SC(=S)N1c1ccc(Cl)cc1. The summed E-state index contributed by atoms with van der Waals surface area (Å²) in [6, 6.07) is 14.8. The maximum absolute atomic E-state index is 12.6. The Morgan fingerprint density at radius 3 is 2.50 bits per heavy atom. The average Bonchev–Trinajstić information content (AvgIpc) is 2.77. The summed E-state index contributed by atoms with van der Waals surface area (Å²) in [7, 11) is 0. The molecular weight excluding hydrogens is 402 g/mol. The number of hydrogen-bond acceptors (Lipinski definition) is 3. The van der Waals surface area contributed by atoms with Crippen LogP contribution in [0.2, 0.25) is 5.02 Å². The van der Waals surface area contributed by atoms with Crippen LogP contribution < -0.4 is 4.90 Å². The molecule has 3 rings (SSSR count). The van der Waals surface area contributed by atoms with Gasteiger partial charge in [-0.1, -0.05) is 69.7 Å². The highest BCUT2D eigenvalue weighted by Crippen LogP contribution is 2.37. The maximum Gasteiger partial charge on any atom is 0.270 e. The molecule has 0 radical (unpaired) electrons. The molecule has 1 heterocycles. The van der Waals surface area contributed by atoms with Crippen LogP contribution in [0, 0.1) is 0 Å². The number of anilines is 1. The molecule has 0 bridgehead atoms. The molecule has 1 fully saturated rings. The normalized spacial score (nSPS) is 16.6. The van der Waals surface area contributed by atoms with Crippen LogP contribution in [-0.2, 0) is 4.79 Å². The molecule has 1 saturated heterocycles. The van der Waals surface area contributed by atoms with Crippen LogP contribution >= 0.6 is 51.5 Å². The van der Waals surface area contributed by atoms with Gasteiger partial charge in [0.1, 0.15) is 0 Å². The largest absolute Gasteiger partial charge is 0.270 e. The first-order chi connectivity index (χ1) is 10.6. The minimum absolute atomic E-state index is 0.118. The van der Waals surface area contributed by atoms with Gasteiger partial charge in [-0.15, -0.1) is 0 Å². The molecule has 2 aromatic carbocycles. The highest BCUT2D eigenvalue weighted by Gasteiger charge is 2.33. The molecule has 1 amide bonds.